The van der Waals surface area contributed by atoms with Gasteiger partial charge in [0.1, 0.15) is 60.0 Å². The van der Waals surface area contributed by atoms with E-state index in [9.17, 15) is 60.7 Å². The zero-order valence-electron chi connectivity index (χ0n) is 51.5. The number of fused-ring (bicyclic) bond motifs is 2. The number of ether oxygens (including phenoxy) is 12. The third kappa shape index (κ3) is 15.9. The van der Waals surface area contributed by atoms with Gasteiger partial charge in [0.05, 0.1) is 77.6 Å². The van der Waals surface area contributed by atoms with E-state index in [2.05, 4.69) is 6.92 Å². The highest BCUT2D eigenvalue weighted by Gasteiger charge is 2.52. The van der Waals surface area contributed by atoms with Crippen molar-refractivity contribution in [2.45, 2.75) is 299 Å². The second-order valence-corrected chi connectivity index (χ2v) is 25.0. The van der Waals surface area contributed by atoms with E-state index in [1.165, 1.54) is 52.9 Å². The summed E-state index contributed by atoms with van der Waals surface area (Å²) in [6, 6.07) is 3.04. The van der Waals surface area contributed by atoms with Crippen molar-refractivity contribution in [2.24, 2.45) is 5.92 Å². The highest BCUT2D eigenvalue weighted by Crippen LogP contribution is 2.48. The molecule has 5 unspecified atom stereocenters. The smallest absolute Gasteiger partial charge is 0.306 e. The van der Waals surface area contributed by atoms with Gasteiger partial charge < -0.3 is 108 Å². The number of esters is 1. The zero-order valence-corrected chi connectivity index (χ0v) is 51.5. The molecule has 5 heterocycles. The summed E-state index contributed by atoms with van der Waals surface area (Å²) in [6.07, 6.45) is -19.6. The number of unbranched alkanes of at least 4 members (excludes halogenated alkanes) is 6. The van der Waals surface area contributed by atoms with Crippen LogP contribution in [0.5, 0.6) is 17.2 Å². The largest absolute Gasteiger partial charge is 0.507 e. The lowest BCUT2D eigenvalue weighted by Crippen LogP contribution is -2.58. The number of carbonyl (C=O) groups excluding carboxylic acids is 3. The summed E-state index contributed by atoms with van der Waals surface area (Å²) in [4.78, 5) is 41.9. The first-order chi connectivity index (χ1) is 41.1. The van der Waals surface area contributed by atoms with Crippen LogP contribution in [0.4, 0.5) is 0 Å². The molecule has 2 aromatic carbocycles. The molecule has 0 bridgehead atoms. The first-order valence-electron chi connectivity index (χ1n) is 31.0. The third-order valence-corrected chi connectivity index (χ3v) is 18.1. The van der Waals surface area contributed by atoms with Gasteiger partial charge in [-0.1, -0.05) is 45.4 Å². The first kappa shape index (κ1) is 69.1. The molecule has 0 radical (unpaired) electrons. The molecule has 25 atom stereocenters. The van der Waals surface area contributed by atoms with Crippen LogP contribution in [-0.4, -0.2) is 223 Å². The van der Waals surface area contributed by atoms with Crippen LogP contribution in [-0.2, 0) is 68.1 Å². The standard InChI is InChI=1S/C62H94O25/c1-11-12-13-14-15-16-17-18-42(65)86-58-32(7)80-43(22-37(58)64)83-39-23-44(77-29(4)52(39)68)82-38-21-35-19-34-20-36(59(76-10)57(73)51(67)28(3)63)60(56(72)49(34)55(71)48(35)50(66)27(38)2)87-46-25-40(53(69)31(6)79-46)84-45-24-41(54(70)30(5)78-45)85-47-26-62(9,75)61(74)33(8)81-47/h19,21,28-33,36-37,39-41,43-47,51-54,58-61,63-64,66-71,74-75H,11-18,20,22-26H2,1-10H3/t28-,29?,30?,31?,32?,33?,36+,37-,39-,40-,41-,43+,44+,45+,46+,47+,51+,52-,53-,54+,58-,59+,60+,61-,62+/m1/s1. The van der Waals surface area contributed by atoms with Crippen LogP contribution in [0.3, 0.4) is 0 Å². The van der Waals surface area contributed by atoms with Crippen molar-refractivity contribution in [3.8, 4) is 17.2 Å². The summed E-state index contributed by atoms with van der Waals surface area (Å²) in [5, 5.41) is 112. The highest BCUT2D eigenvalue weighted by molar-refractivity contribution is 6.11. The Bertz CT molecular complexity index is 2620. The number of aliphatic hydroxyl groups excluding tert-OH is 7. The number of phenolic OH excluding ortho intramolecular Hbond substituents is 2. The molecule has 1 aliphatic carbocycles. The monoisotopic (exact) mass is 1240 g/mol. The Kier molecular flexibility index (Phi) is 23.5. The highest BCUT2D eigenvalue weighted by atomic mass is 16.7. The second kappa shape index (κ2) is 29.6. The number of benzene rings is 2. The van der Waals surface area contributed by atoms with Crippen LogP contribution in [0.1, 0.15) is 160 Å². The quantitative estimate of drug-likeness (QED) is 0.0531. The van der Waals surface area contributed by atoms with Gasteiger partial charge in [-0.25, -0.2) is 0 Å². The summed E-state index contributed by atoms with van der Waals surface area (Å²) in [5.74, 6) is -4.52. The number of ketones is 2. The van der Waals surface area contributed by atoms with E-state index in [-0.39, 0.29) is 78.2 Å². The molecule has 5 fully saturated rings. The maximum atomic E-state index is 15.1. The minimum Gasteiger partial charge on any atom is -0.507 e. The molecule has 10 N–H and O–H groups in total. The van der Waals surface area contributed by atoms with Gasteiger partial charge in [-0.2, -0.15) is 0 Å². The number of phenols is 2. The number of hydrogen-bond donors (Lipinski definition) is 10. The summed E-state index contributed by atoms with van der Waals surface area (Å²) >= 11 is 0. The molecule has 492 valence electrons. The lowest BCUT2D eigenvalue weighted by molar-refractivity contribution is -0.334. The van der Waals surface area contributed by atoms with Crippen molar-refractivity contribution in [1.29, 1.82) is 0 Å². The summed E-state index contributed by atoms with van der Waals surface area (Å²) in [7, 11) is 1.18. The molecule has 0 spiro atoms. The van der Waals surface area contributed by atoms with Crippen molar-refractivity contribution in [3.63, 3.8) is 0 Å². The third-order valence-electron chi connectivity index (χ3n) is 18.1. The molecule has 5 aliphatic heterocycles. The average Bonchev–Trinajstić information content (AvgIpc) is 0.869. The van der Waals surface area contributed by atoms with E-state index in [0.717, 1.165) is 25.7 Å². The number of hydrogen-bond acceptors (Lipinski definition) is 25. The number of methoxy groups -OCH3 is 1. The fraction of sp³-hybridized carbons (Fsp3) is 0.790. The number of Topliss-reactive ketones (excluding diaryl/α,β-unsaturated/α-hetero) is 2. The Morgan fingerprint density at radius 1 is 0.690 bits per heavy atom. The summed E-state index contributed by atoms with van der Waals surface area (Å²) in [6.45, 7) is 14.4. The van der Waals surface area contributed by atoms with Crippen molar-refractivity contribution >= 4 is 28.3 Å². The lowest BCUT2D eigenvalue weighted by atomic mass is 9.75. The van der Waals surface area contributed by atoms with Crippen LogP contribution in [0.15, 0.2) is 12.1 Å². The molecule has 5 saturated heterocycles. The van der Waals surface area contributed by atoms with Gasteiger partial charge >= 0.3 is 5.97 Å². The Labute approximate surface area is 507 Å². The van der Waals surface area contributed by atoms with Gasteiger partial charge in [-0.3, -0.25) is 14.4 Å². The SMILES string of the molecule is CCCCCCCCCC(=O)O[C@@H]1C(C)O[C@@H](O[C@@H]2C[C@H](Oc3cc4cc5c(c(O)c4c(O)c3C)C(=O)[C@@H](O[C@H]3C[C@@H](O[C@H]4C[C@@H](O[C@H]6C[C@](C)(O)[C@H](O)C(C)O6)[C@@H](O)C(C)O4)[C@H](O)C(C)O3)[C@H]([C@H](OC)C(=O)[C@@H](O)[C@@H](C)O)C5)OC(C)[C@H]2O)C[C@H]1O. The Morgan fingerprint density at radius 3 is 1.77 bits per heavy atom. The van der Waals surface area contributed by atoms with Crippen molar-refractivity contribution in [2.75, 3.05) is 7.11 Å². The van der Waals surface area contributed by atoms with E-state index >= 15 is 4.79 Å². The Balaban J connectivity index is 0.978. The molecule has 2 aromatic rings. The van der Waals surface area contributed by atoms with E-state index in [1.807, 2.05) is 0 Å². The molecule has 0 saturated carbocycles. The molecule has 8 rings (SSSR count). The molecule has 0 aromatic heterocycles. The summed E-state index contributed by atoms with van der Waals surface area (Å²) in [5.41, 5.74) is -1.49. The zero-order chi connectivity index (χ0) is 63.5. The predicted octanol–water partition coefficient (Wildman–Crippen LogP) is 3.44. The van der Waals surface area contributed by atoms with E-state index in [0.29, 0.717) is 6.42 Å². The second-order valence-electron chi connectivity index (χ2n) is 25.0. The predicted molar refractivity (Wildman–Crippen MR) is 305 cm³/mol. The molecule has 25 heteroatoms. The molecule has 6 aliphatic rings. The van der Waals surface area contributed by atoms with Crippen molar-refractivity contribution in [1.82, 2.24) is 0 Å². The number of carbonyl (C=O) groups is 3. The van der Waals surface area contributed by atoms with Crippen molar-refractivity contribution < 1.29 is 122 Å². The molecular formula is C62H94O25. The first-order valence-corrected chi connectivity index (χ1v) is 31.0. The van der Waals surface area contributed by atoms with Crippen LogP contribution < -0.4 is 4.74 Å². The van der Waals surface area contributed by atoms with Gasteiger partial charge in [0, 0.05) is 57.1 Å². The van der Waals surface area contributed by atoms with Crippen LogP contribution >= 0.6 is 0 Å². The normalized spacial score (nSPS) is 38.6. The van der Waals surface area contributed by atoms with Gasteiger partial charge in [0.25, 0.3) is 0 Å². The molecule has 87 heavy (non-hydrogen) atoms. The van der Waals surface area contributed by atoms with Crippen LogP contribution in [0.2, 0.25) is 0 Å². The Hall–Kier alpha value is -3.81. The van der Waals surface area contributed by atoms with Crippen LogP contribution in [0, 0.1) is 12.8 Å². The topological polar surface area (TPSA) is 364 Å². The van der Waals surface area contributed by atoms with Gasteiger partial charge in [-0.15, -0.1) is 0 Å². The fourth-order valence-corrected chi connectivity index (χ4v) is 12.9. The average molecular weight is 1240 g/mol. The van der Waals surface area contributed by atoms with E-state index in [1.54, 1.807) is 34.6 Å². The number of aliphatic hydroxyl groups is 8. The maximum Gasteiger partial charge on any atom is 0.306 e. The summed E-state index contributed by atoms with van der Waals surface area (Å²) < 4.78 is 73.1. The van der Waals surface area contributed by atoms with Crippen LogP contribution in [0.25, 0.3) is 10.8 Å². The van der Waals surface area contributed by atoms with Gasteiger partial charge in [0.15, 0.2) is 42.8 Å². The van der Waals surface area contributed by atoms with Gasteiger partial charge in [-0.05, 0) is 91.3 Å². The lowest BCUT2D eigenvalue weighted by Gasteiger charge is -2.46. The van der Waals surface area contributed by atoms with Crippen molar-refractivity contribution in [3.05, 3.63) is 28.8 Å². The molecule has 25 nitrogen and oxygen atoms in total. The van der Waals surface area contributed by atoms with E-state index < -0.39 is 182 Å². The minimum absolute atomic E-state index is 0.0560. The number of aromatic hydroxyl groups is 2. The number of rotatable bonds is 24. The Morgan fingerprint density at radius 2 is 1.21 bits per heavy atom. The molecular weight excluding hydrogens is 1140 g/mol. The van der Waals surface area contributed by atoms with E-state index in [4.69, 9.17) is 56.8 Å². The van der Waals surface area contributed by atoms with Gasteiger partial charge in [0.2, 0.25) is 6.29 Å². The minimum atomic E-state index is -1.96. The fourth-order valence-electron chi connectivity index (χ4n) is 12.9. The molecule has 0 amide bonds. The maximum absolute atomic E-state index is 15.1.